The first-order chi connectivity index (χ1) is 8.56. The minimum absolute atomic E-state index is 0.119. The van der Waals surface area contributed by atoms with Gasteiger partial charge in [0.05, 0.1) is 11.9 Å². The van der Waals surface area contributed by atoms with Gasteiger partial charge < -0.3 is 5.32 Å². The van der Waals surface area contributed by atoms with E-state index in [0.717, 1.165) is 12.2 Å². The number of halogens is 1. The average Bonchev–Trinajstić information content (AvgIpc) is 2.67. The highest BCUT2D eigenvalue weighted by atomic mass is 32.1. The maximum Gasteiger partial charge on any atom is 0.141 e. The van der Waals surface area contributed by atoms with Crippen molar-refractivity contribution in [3.63, 3.8) is 0 Å². The van der Waals surface area contributed by atoms with Crippen molar-refractivity contribution in [2.45, 2.75) is 33.4 Å². The summed E-state index contributed by atoms with van der Waals surface area (Å²) >= 11 is 1.81. The molecule has 2 nitrogen and oxygen atoms in total. The molecule has 0 aliphatic heterocycles. The third-order valence-electron chi connectivity index (χ3n) is 2.99. The molecule has 4 heteroatoms. The predicted molar refractivity (Wildman–Crippen MR) is 73.2 cm³/mol. The number of aryl methyl sites for hydroxylation is 2. The fraction of sp³-hybridized carbons (Fsp3) is 0.357. The molecule has 2 heterocycles. The Labute approximate surface area is 111 Å². The predicted octanol–water partition coefficient (Wildman–Crippen LogP) is 3.75. The first-order valence-electron chi connectivity index (χ1n) is 5.97. The number of hydrogen-bond acceptors (Lipinski definition) is 3. The second kappa shape index (κ2) is 5.59. The van der Waals surface area contributed by atoms with Gasteiger partial charge in [-0.3, -0.25) is 4.98 Å². The highest BCUT2D eigenvalue weighted by molar-refractivity contribution is 7.12. The van der Waals surface area contributed by atoms with Crippen molar-refractivity contribution in [3.05, 3.63) is 51.2 Å². The molecule has 0 aromatic carbocycles. The zero-order chi connectivity index (χ0) is 13.1. The van der Waals surface area contributed by atoms with Crippen LogP contribution >= 0.6 is 11.3 Å². The lowest BCUT2D eigenvalue weighted by Gasteiger charge is -2.12. The molecule has 96 valence electrons. The van der Waals surface area contributed by atoms with E-state index in [2.05, 4.69) is 30.2 Å². The Bertz CT molecular complexity index is 500. The first kappa shape index (κ1) is 13.2. The SMILES string of the molecule is Cc1cc(CNC(C)c2ccc(F)cn2)sc1C. The monoisotopic (exact) mass is 264 g/mol. The van der Waals surface area contributed by atoms with Crippen LogP contribution in [-0.2, 0) is 6.54 Å². The molecule has 1 N–H and O–H groups in total. The topological polar surface area (TPSA) is 24.9 Å². The van der Waals surface area contributed by atoms with Gasteiger partial charge in [0.2, 0.25) is 0 Å². The van der Waals surface area contributed by atoms with Gasteiger partial charge in [0.25, 0.3) is 0 Å². The van der Waals surface area contributed by atoms with Gasteiger partial charge in [-0.1, -0.05) is 0 Å². The van der Waals surface area contributed by atoms with Gasteiger partial charge in [0, 0.05) is 22.3 Å². The fourth-order valence-electron chi connectivity index (χ4n) is 1.74. The number of aromatic nitrogens is 1. The number of pyridine rings is 1. The molecule has 0 aliphatic rings. The summed E-state index contributed by atoms with van der Waals surface area (Å²) in [5.41, 5.74) is 2.20. The van der Waals surface area contributed by atoms with Crippen LogP contribution in [0.25, 0.3) is 0 Å². The minimum Gasteiger partial charge on any atom is -0.304 e. The van der Waals surface area contributed by atoms with E-state index in [4.69, 9.17) is 0 Å². The molecule has 0 spiro atoms. The highest BCUT2D eigenvalue weighted by Gasteiger charge is 2.08. The van der Waals surface area contributed by atoms with Gasteiger partial charge in [-0.2, -0.15) is 0 Å². The van der Waals surface area contributed by atoms with E-state index in [1.54, 1.807) is 6.07 Å². The molecule has 0 radical (unpaired) electrons. The van der Waals surface area contributed by atoms with Crippen LogP contribution < -0.4 is 5.32 Å². The zero-order valence-electron chi connectivity index (χ0n) is 10.8. The molecule has 0 saturated carbocycles. The first-order valence-corrected chi connectivity index (χ1v) is 6.78. The Morgan fingerprint density at radius 2 is 2.17 bits per heavy atom. The Morgan fingerprint density at radius 3 is 2.72 bits per heavy atom. The van der Waals surface area contributed by atoms with Crippen molar-refractivity contribution in [3.8, 4) is 0 Å². The van der Waals surface area contributed by atoms with Crippen LogP contribution in [0.2, 0.25) is 0 Å². The molecule has 0 amide bonds. The van der Waals surface area contributed by atoms with Gasteiger partial charge in [0.15, 0.2) is 0 Å². The van der Waals surface area contributed by atoms with Crippen LogP contribution in [-0.4, -0.2) is 4.98 Å². The zero-order valence-corrected chi connectivity index (χ0v) is 11.6. The van der Waals surface area contributed by atoms with Crippen molar-refractivity contribution < 1.29 is 4.39 Å². The Balaban J connectivity index is 1.95. The van der Waals surface area contributed by atoms with Crippen molar-refractivity contribution in [2.24, 2.45) is 0 Å². The minimum atomic E-state index is -0.296. The van der Waals surface area contributed by atoms with Crippen LogP contribution in [0.4, 0.5) is 4.39 Å². The van der Waals surface area contributed by atoms with E-state index in [0.29, 0.717) is 0 Å². The van der Waals surface area contributed by atoms with E-state index < -0.39 is 0 Å². The summed E-state index contributed by atoms with van der Waals surface area (Å²) in [5, 5.41) is 3.40. The molecule has 0 aliphatic carbocycles. The third-order valence-corrected chi connectivity index (χ3v) is 4.15. The molecule has 18 heavy (non-hydrogen) atoms. The lowest BCUT2D eigenvalue weighted by atomic mass is 10.2. The number of nitrogens with one attached hydrogen (secondary N) is 1. The second-order valence-corrected chi connectivity index (χ2v) is 5.80. The second-order valence-electron chi connectivity index (χ2n) is 4.46. The summed E-state index contributed by atoms with van der Waals surface area (Å²) in [6, 6.07) is 5.49. The van der Waals surface area contributed by atoms with E-state index >= 15 is 0 Å². The smallest absolute Gasteiger partial charge is 0.141 e. The molecular weight excluding hydrogens is 247 g/mol. The van der Waals surface area contributed by atoms with Crippen LogP contribution in [0.1, 0.15) is 34.0 Å². The fourth-order valence-corrected chi connectivity index (χ4v) is 2.74. The molecule has 2 aromatic rings. The standard InChI is InChI=1S/C14H17FN2S/c1-9-6-13(18-11(9)3)8-16-10(2)14-5-4-12(15)7-17-14/h4-7,10,16H,8H2,1-3H3. The van der Waals surface area contributed by atoms with E-state index in [9.17, 15) is 4.39 Å². The molecule has 2 rings (SSSR count). The Hall–Kier alpha value is -1.26. The molecule has 0 fully saturated rings. The largest absolute Gasteiger partial charge is 0.304 e. The lowest BCUT2D eigenvalue weighted by Crippen LogP contribution is -2.18. The normalized spacial score (nSPS) is 12.7. The van der Waals surface area contributed by atoms with Gasteiger partial charge in [-0.15, -0.1) is 11.3 Å². The summed E-state index contributed by atoms with van der Waals surface area (Å²) in [6.45, 7) is 7.11. The molecule has 2 aromatic heterocycles. The Morgan fingerprint density at radius 1 is 1.39 bits per heavy atom. The molecular formula is C14H17FN2S. The number of thiophene rings is 1. The van der Waals surface area contributed by atoms with Crippen LogP contribution in [0, 0.1) is 19.7 Å². The lowest BCUT2D eigenvalue weighted by molar-refractivity contribution is 0.557. The summed E-state index contributed by atoms with van der Waals surface area (Å²) in [6.07, 6.45) is 1.26. The molecule has 1 unspecified atom stereocenters. The van der Waals surface area contributed by atoms with Crippen LogP contribution in [0.3, 0.4) is 0 Å². The number of nitrogens with zero attached hydrogens (tertiary/aromatic N) is 1. The van der Waals surface area contributed by atoms with Crippen molar-refractivity contribution in [1.82, 2.24) is 10.3 Å². The van der Waals surface area contributed by atoms with E-state index in [-0.39, 0.29) is 11.9 Å². The Kier molecular flexibility index (Phi) is 4.09. The van der Waals surface area contributed by atoms with Crippen molar-refractivity contribution >= 4 is 11.3 Å². The van der Waals surface area contributed by atoms with Gasteiger partial charge in [0.1, 0.15) is 5.82 Å². The van der Waals surface area contributed by atoms with E-state index in [1.165, 1.54) is 27.6 Å². The van der Waals surface area contributed by atoms with Gasteiger partial charge in [-0.05, 0) is 44.5 Å². The highest BCUT2D eigenvalue weighted by Crippen LogP contribution is 2.21. The van der Waals surface area contributed by atoms with E-state index in [1.807, 2.05) is 18.3 Å². The maximum absolute atomic E-state index is 12.8. The van der Waals surface area contributed by atoms with Crippen molar-refractivity contribution in [2.75, 3.05) is 0 Å². The third kappa shape index (κ3) is 3.15. The van der Waals surface area contributed by atoms with Gasteiger partial charge >= 0.3 is 0 Å². The van der Waals surface area contributed by atoms with Crippen molar-refractivity contribution in [1.29, 1.82) is 0 Å². The van der Waals surface area contributed by atoms with Crippen LogP contribution in [0.15, 0.2) is 24.4 Å². The summed E-state index contributed by atoms with van der Waals surface area (Å²) in [5.74, 6) is -0.296. The molecule has 0 saturated heterocycles. The van der Waals surface area contributed by atoms with Gasteiger partial charge in [-0.25, -0.2) is 4.39 Å². The average molecular weight is 264 g/mol. The van der Waals surface area contributed by atoms with Crippen LogP contribution in [0.5, 0.6) is 0 Å². The summed E-state index contributed by atoms with van der Waals surface area (Å²) in [4.78, 5) is 6.76. The maximum atomic E-state index is 12.8. The quantitative estimate of drug-likeness (QED) is 0.909. The number of hydrogen-bond donors (Lipinski definition) is 1. The summed E-state index contributed by atoms with van der Waals surface area (Å²) in [7, 11) is 0. The number of rotatable bonds is 4. The summed E-state index contributed by atoms with van der Waals surface area (Å²) < 4.78 is 12.8. The molecule has 0 bridgehead atoms. The molecule has 1 atom stereocenters.